The Labute approximate surface area is 274 Å². The summed E-state index contributed by atoms with van der Waals surface area (Å²) in [6.45, 7) is 1.55. The molecule has 0 saturated heterocycles. The van der Waals surface area contributed by atoms with Gasteiger partial charge in [0.15, 0.2) is 16.5 Å². The standard InChI is InChI=1S/C30H28ClF3N4O8S/c1-9-11-5-7-14(37-28(47)36-13-6-4-10(31)8-12(13)30(32,33)34)21(39)16(11)22(40)17-15(9)23(41)19-20(38(2)3)24(42)18(27(35)45)26(44)29(19,46)25(17)43/h4-9,15,19-20,23,39-41,44,46H,1-3H3,(H2,35,45)(H2,36,37,47)/t9-,15?,19?,20-,23-,29-/m0/s1. The Morgan fingerprint density at radius 1 is 1.09 bits per heavy atom. The minimum atomic E-state index is -4.79. The smallest absolute Gasteiger partial charge is 0.418 e. The van der Waals surface area contributed by atoms with Gasteiger partial charge in [-0.25, -0.2) is 0 Å². The van der Waals surface area contributed by atoms with Gasteiger partial charge in [-0.1, -0.05) is 24.6 Å². The topological polar surface area (TPSA) is 206 Å². The number of nitrogens with one attached hydrogen (secondary N) is 2. The number of fused-ring (bicyclic) bond motifs is 3. The number of halogens is 4. The van der Waals surface area contributed by atoms with Crippen molar-refractivity contribution in [3.8, 4) is 5.75 Å². The van der Waals surface area contributed by atoms with Gasteiger partial charge in [-0.2, -0.15) is 13.2 Å². The molecule has 47 heavy (non-hydrogen) atoms. The maximum absolute atomic E-state index is 14.1. The zero-order valence-electron chi connectivity index (χ0n) is 24.7. The molecule has 0 radical (unpaired) electrons. The van der Waals surface area contributed by atoms with Crippen LogP contribution in [0.5, 0.6) is 5.75 Å². The van der Waals surface area contributed by atoms with Crippen LogP contribution in [0.4, 0.5) is 24.5 Å². The zero-order valence-corrected chi connectivity index (χ0v) is 26.3. The lowest BCUT2D eigenvalue weighted by Gasteiger charge is -2.53. The van der Waals surface area contributed by atoms with Crippen LogP contribution in [0.3, 0.4) is 0 Å². The highest BCUT2D eigenvalue weighted by Crippen LogP contribution is 2.56. The second kappa shape index (κ2) is 11.5. The summed E-state index contributed by atoms with van der Waals surface area (Å²) in [5.74, 6) is -10.6. The third-order valence-electron chi connectivity index (χ3n) is 8.91. The summed E-state index contributed by atoms with van der Waals surface area (Å²) < 4.78 is 40.7. The third kappa shape index (κ3) is 5.11. The number of benzene rings is 2. The molecule has 6 atom stereocenters. The summed E-state index contributed by atoms with van der Waals surface area (Å²) in [6.07, 6.45) is -6.56. The number of phenolic OH excluding ortho intramolecular Hbond substituents is 1. The first-order valence-corrected chi connectivity index (χ1v) is 14.7. The average Bonchev–Trinajstić information content (AvgIpc) is 2.96. The van der Waals surface area contributed by atoms with Gasteiger partial charge in [0.1, 0.15) is 22.8 Å². The molecule has 2 unspecified atom stereocenters. The number of nitrogens with two attached hydrogens (primary N) is 1. The average molecular weight is 697 g/mol. The maximum Gasteiger partial charge on any atom is 0.418 e. The number of anilines is 2. The minimum absolute atomic E-state index is 0.171. The summed E-state index contributed by atoms with van der Waals surface area (Å²) in [6, 6.07) is 4.17. The summed E-state index contributed by atoms with van der Waals surface area (Å²) >= 11 is 10.9. The van der Waals surface area contributed by atoms with Crippen LogP contribution < -0.4 is 16.4 Å². The number of rotatable bonds is 4. The Morgan fingerprint density at radius 3 is 2.26 bits per heavy atom. The van der Waals surface area contributed by atoms with Gasteiger partial charge < -0.3 is 41.9 Å². The lowest BCUT2D eigenvalue weighted by atomic mass is 9.54. The molecule has 1 fully saturated rings. The normalized spacial score (nSPS) is 27.3. The largest absolute Gasteiger partial charge is 0.508 e. The quantitative estimate of drug-likeness (QED) is 0.132. The van der Waals surface area contributed by atoms with Crippen LogP contribution in [-0.2, 0) is 20.6 Å². The predicted octanol–water partition coefficient (Wildman–Crippen LogP) is 2.98. The van der Waals surface area contributed by atoms with Crippen molar-refractivity contribution in [1.29, 1.82) is 0 Å². The molecule has 0 aliphatic heterocycles. The number of carbonyl (C=O) groups is 3. The summed E-state index contributed by atoms with van der Waals surface area (Å²) in [4.78, 5) is 40.8. The van der Waals surface area contributed by atoms with Crippen molar-refractivity contribution in [2.75, 3.05) is 24.7 Å². The third-order valence-corrected chi connectivity index (χ3v) is 9.35. The Bertz CT molecular complexity index is 1830. The van der Waals surface area contributed by atoms with Crippen LogP contribution in [0, 0.1) is 11.8 Å². The molecule has 2 aromatic carbocycles. The molecule has 0 heterocycles. The molecule has 9 N–H and O–H groups in total. The lowest BCUT2D eigenvalue weighted by Crippen LogP contribution is -2.70. The van der Waals surface area contributed by atoms with Crippen LogP contribution in [0.25, 0.3) is 5.76 Å². The molecular formula is C30H28ClF3N4O8S. The molecule has 3 aliphatic carbocycles. The van der Waals surface area contributed by atoms with Gasteiger partial charge in [0.25, 0.3) is 5.91 Å². The van der Waals surface area contributed by atoms with Crippen molar-refractivity contribution in [2.24, 2.45) is 17.6 Å². The summed E-state index contributed by atoms with van der Waals surface area (Å²) in [5, 5.41) is 61.5. The number of Topliss-reactive ketones (excluding diaryl/α,β-unsaturated/α-hetero) is 2. The van der Waals surface area contributed by atoms with E-state index in [1.165, 1.54) is 37.2 Å². The molecule has 3 aliphatic rings. The number of nitrogens with zero attached hydrogens (tertiary/aromatic N) is 1. The number of carbonyl (C=O) groups excluding carboxylic acids is 3. The fourth-order valence-corrected chi connectivity index (χ4v) is 7.25. The second-order valence-electron chi connectivity index (χ2n) is 11.7. The van der Waals surface area contributed by atoms with Crippen molar-refractivity contribution in [2.45, 2.75) is 36.8 Å². The van der Waals surface area contributed by atoms with Crippen molar-refractivity contribution in [1.82, 2.24) is 4.90 Å². The molecule has 17 heteroatoms. The van der Waals surface area contributed by atoms with E-state index in [4.69, 9.17) is 29.6 Å². The van der Waals surface area contributed by atoms with E-state index in [0.717, 1.165) is 6.07 Å². The number of ketones is 2. The molecular weight excluding hydrogens is 669 g/mol. The fourth-order valence-electron chi connectivity index (χ4n) is 6.85. The van der Waals surface area contributed by atoms with Gasteiger partial charge in [0.05, 0.1) is 40.6 Å². The Balaban J connectivity index is 1.60. The molecule has 0 aromatic heterocycles. The highest BCUT2D eigenvalue weighted by atomic mass is 35.5. The second-order valence-corrected chi connectivity index (χ2v) is 12.6. The number of alkyl halides is 3. The van der Waals surface area contributed by atoms with Crippen LogP contribution in [-0.4, -0.2) is 84.9 Å². The van der Waals surface area contributed by atoms with E-state index in [2.05, 4.69) is 10.6 Å². The van der Waals surface area contributed by atoms with Crippen LogP contribution in [0.15, 0.2) is 47.2 Å². The molecule has 0 bridgehead atoms. The van der Waals surface area contributed by atoms with E-state index in [1.807, 2.05) is 0 Å². The minimum Gasteiger partial charge on any atom is -0.508 e. The first-order valence-electron chi connectivity index (χ1n) is 13.9. The fraction of sp³-hybridized carbons (Fsp3) is 0.333. The molecule has 1 saturated carbocycles. The van der Waals surface area contributed by atoms with Gasteiger partial charge in [-0.3, -0.25) is 19.3 Å². The van der Waals surface area contributed by atoms with Crippen LogP contribution >= 0.6 is 23.8 Å². The van der Waals surface area contributed by atoms with Crippen molar-refractivity contribution >= 4 is 63.5 Å². The molecule has 250 valence electrons. The molecule has 5 rings (SSSR count). The van der Waals surface area contributed by atoms with Crippen molar-refractivity contribution in [3.63, 3.8) is 0 Å². The number of likely N-dealkylation sites (N-methyl/N-ethyl adjacent to an activating group) is 1. The number of hydrogen-bond acceptors (Lipinski definition) is 10. The SMILES string of the molecule is C[C@H]1c2ccc(NC(=S)Nc3ccc(Cl)cc3C(F)(F)F)c(O)c2C(O)=C2C(=O)[C@]3(O)C(O)=C(C(N)=O)C(=O)[C@@H](N(C)C)C3[C@@H](O)C21. The monoisotopic (exact) mass is 696 g/mol. The number of thiocarbonyl (C=S) groups is 1. The highest BCUT2D eigenvalue weighted by Gasteiger charge is 2.68. The first kappa shape index (κ1) is 34.1. The number of aromatic hydroxyl groups is 1. The number of hydrogen-bond donors (Lipinski definition) is 8. The van der Waals surface area contributed by atoms with Gasteiger partial charge >= 0.3 is 6.18 Å². The van der Waals surface area contributed by atoms with Gasteiger partial charge in [-0.15, -0.1) is 0 Å². The van der Waals surface area contributed by atoms with E-state index >= 15 is 0 Å². The van der Waals surface area contributed by atoms with Gasteiger partial charge in [0.2, 0.25) is 5.78 Å². The molecule has 1 amide bonds. The number of phenols is 1. The zero-order chi connectivity index (χ0) is 35.1. The lowest BCUT2D eigenvalue weighted by molar-refractivity contribution is -0.169. The van der Waals surface area contributed by atoms with Crippen LogP contribution in [0.1, 0.15) is 29.5 Å². The van der Waals surface area contributed by atoms with E-state index in [0.29, 0.717) is 6.07 Å². The van der Waals surface area contributed by atoms with E-state index < -0.39 is 104 Å². The first-order chi connectivity index (χ1) is 21.7. The van der Waals surface area contributed by atoms with Crippen molar-refractivity contribution < 1.29 is 53.1 Å². The molecule has 12 nitrogen and oxygen atoms in total. The van der Waals surface area contributed by atoms with E-state index in [1.54, 1.807) is 6.92 Å². The van der Waals surface area contributed by atoms with Gasteiger partial charge in [-0.05, 0) is 62.1 Å². The van der Waals surface area contributed by atoms with Crippen molar-refractivity contribution in [3.05, 3.63) is 69.0 Å². The predicted molar refractivity (Wildman–Crippen MR) is 167 cm³/mol. The Morgan fingerprint density at radius 2 is 1.68 bits per heavy atom. The summed E-state index contributed by atoms with van der Waals surface area (Å²) in [5.41, 5.74) is -1.32. The highest BCUT2D eigenvalue weighted by molar-refractivity contribution is 7.80. The number of primary amides is 1. The molecule has 0 spiro atoms. The van der Waals surface area contributed by atoms with Gasteiger partial charge in [0, 0.05) is 16.5 Å². The number of aliphatic hydroxyl groups is 4. The van der Waals surface area contributed by atoms with E-state index in [-0.39, 0.29) is 21.8 Å². The van der Waals surface area contributed by atoms with E-state index in [9.17, 15) is 53.1 Å². The summed E-state index contributed by atoms with van der Waals surface area (Å²) in [7, 11) is 2.79. The number of aliphatic hydroxyl groups excluding tert-OH is 3. The Kier molecular flexibility index (Phi) is 8.34. The number of amides is 1. The maximum atomic E-state index is 14.1. The van der Waals surface area contributed by atoms with Crippen LogP contribution in [0.2, 0.25) is 5.02 Å². The molecule has 2 aromatic rings. The Hall–Kier alpha value is -4.22.